The van der Waals surface area contributed by atoms with E-state index in [1.54, 1.807) is 23.0 Å². The number of nitrogens with zero attached hydrogens (tertiary/aromatic N) is 2. The van der Waals surface area contributed by atoms with Crippen molar-refractivity contribution < 1.29 is 4.79 Å². The molecule has 0 aliphatic rings. The van der Waals surface area contributed by atoms with Crippen molar-refractivity contribution in [2.45, 2.75) is 6.54 Å². The van der Waals surface area contributed by atoms with Gasteiger partial charge in [-0.2, -0.15) is 5.10 Å². The van der Waals surface area contributed by atoms with Crippen molar-refractivity contribution in [2.75, 3.05) is 5.32 Å². The van der Waals surface area contributed by atoms with Crippen molar-refractivity contribution in [3.05, 3.63) is 66.9 Å². The maximum Gasteiger partial charge on any atom is 0.259 e. The van der Waals surface area contributed by atoms with Crippen LogP contribution < -0.4 is 5.32 Å². The first kappa shape index (κ1) is 16.5. The smallest absolute Gasteiger partial charge is 0.259 e. The number of anilines is 1. The molecule has 0 unspecified atom stereocenters. The van der Waals surface area contributed by atoms with Crippen LogP contribution in [0.5, 0.6) is 0 Å². The molecule has 0 radical (unpaired) electrons. The minimum absolute atomic E-state index is 0.310. The molecule has 8 heteroatoms. The van der Waals surface area contributed by atoms with E-state index in [1.807, 2.05) is 24.3 Å². The molecule has 0 atom stereocenters. The first-order chi connectivity index (χ1) is 11.0. The maximum absolute atomic E-state index is 12.3. The van der Waals surface area contributed by atoms with Gasteiger partial charge in [-0.05, 0) is 23.8 Å². The van der Waals surface area contributed by atoms with Crippen LogP contribution in [0.15, 0.2) is 47.1 Å². The third kappa shape index (κ3) is 3.95. The van der Waals surface area contributed by atoms with Crippen LogP contribution in [0.2, 0.25) is 8.67 Å². The predicted octanol–water partition coefficient (Wildman–Crippen LogP) is 5.31. The summed E-state index contributed by atoms with van der Waals surface area (Å²) in [6, 6.07) is 11.2. The lowest BCUT2D eigenvalue weighted by Gasteiger charge is -2.09. The van der Waals surface area contributed by atoms with E-state index in [0.29, 0.717) is 26.6 Å². The van der Waals surface area contributed by atoms with Crippen LogP contribution >= 0.6 is 50.5 Å². The first-order valence-electron chi connectivity index (χ1n) is 6.55. The van der Waals surface area contributed by atoms with Crippen molar-refractivity contribution >= 4 is 62.2 Å². The Morgan fingerprint density at radius 1 is 1.26 bits per heavy atom. The summed E-state index contributed by atoms with van der Waals surface area (Å²) in [5.41, 5.74) is 1.43. The molecule has 0 saturated heterocycles. The molecule has 0 bridgehead atoms. The van der Waals surface area contributed by atoms with Gasteiger partial charge in [0.25, 0.3) is 5.91 Å². The molecule has 2 aromatic heterocycles. The number of rotatable bonds is 4. The standard InChI is InChI=1S/C15H10BrCl2N3OS/c16-10-3-1-9(2-4-10)8-21-13(5-6-19-21)20-15(22)11-7-12(17)23-14(11)18/h1-7H,8H2,(H,20,22). The molecule has 1 amide bonds. The molecular weight excluding hydrogens is 421 g/mol. The Balaban J connectivity index is 1.77. The summed E-state index contributed by atoms with van der Waals surface area (Å²) in [6.45, 7) is 0.550. The van der Waals surface area contributed by atoms with E-state index in [1.165, 1.54) is 0 Å². The van der Waals surface area contributed by atoms with E-state index in [9.17, 15) is 4.79 Å². The minimum Gasteiger partial charge on any atom is -0.307 e. The molecule has 0 spiro atoms. The Morgan fingerprint density at radius 2 is 2.00 bits per heavy atom. The van der Waals surface area contributed by atoms with Crippen LogP contribution in [0.25, 0.3) is 0 Å². The van der Waals surface area contributed by atoms with E-state index < -0.39 is 0 Å². The van der Waals surface area contributed by atoms with Crippen LogP contribution in [0.4, 0.5) is 5.82 Å². The summed E-state index contributed by atoms with van der Waals surface area (Å²) in [5, 5.41) is 7.05. The third-order valence-corrected chi connectivity index (χ3v) is 5.12. The lowest BCUT2D eigenvalue weighted by atomic mass is 10.2. The van der Waals surface area contributed by atoms with Crippen LogP contribution in [0, 0.1) is 0 Å². The molecule has 1 N–H and O–H groups in total. The van der Waals surface area contributed by atoms with Gasteiger partial charge in [-0.25, -0.2) is 4.68 Å². The molecule has 3 rings (SSSR count). The van der Waals surface area contributed by atoms with Crippen molar-refractivity contribution in [3.63, 3.8) is 0 Å². The predicted molar refractivity (Wildman–Crippen MR) is 97.8 cm³/mol. The molecule has 0 aliphatic heterocycles. The van der Waals surface area contributed by atoms with Crippen molar-refractivity contribution in [3.8, 4) is 0 Å². The van der Waals surface area contributed by atoms with Gasteiger partial charge in [0.1, 0.15) is 10.2 Å². The summed E-state index contributed by atoms with van der Waals surface area (Å²) in [6.07, 6.45) is 1.64. The number of benzene rings is 1. The summed E-state index contributed by atoms with van der Waals surface area (Å²) < 4.78 is 3.57. The number of nitrogens with one attached hydrogen (secondary N) is 1. The Labute approximate surface area is 155 Å². The number of hydrogen-bond acceptors (Lipinski definition) is 3. The summed E-state index contributed by atoms with van der Waals surface area (Å²) in [4.78, 5) is 12.3. The zero-order valence-electron chi connectivity index (χ0n) is 11.6. The van der Waals surface area contributed by atoms with E-state index in [0.717, 1.165) is 21.4 Å². The molecular formula is C15H10BrCl2N3OS. The largest absolute Gasteiger partial charge is 0.307 e. The van der Waals surface area contributed by atoms with Gasteiger partial charge in [0.05, 0.1) is 22.6 Å². The van der Waals surface area contributed by atoms with E-state index in [-0.39, 0.29) is 5.91 Å². The van der Waals surface area contributed by atoms with Crippen LogP contribution in [-0.4, -0.2) is 15.7 Å². The number of thiophene rings is 1. The average Bonchev–Trinajstić information content (AvgIpc) is 3.08. The van der Waals surface area contributed by atoms with Crippen molar-refractivity contribution in [2.24, 2.45) is 0 Å². The molecule has 118 valence electrons. The van der Waals surface area contributed by atoms with Crippen LogP contribution in [0.3, 0.4) is 0 Å². The fourth-order valence-corrected chi connectivity index (χ4v) is 3.73. The highest BCUT2D eigenvalue weighted by atomic mass is 79.9. The number of halogens is 3. The molecule has 2 heterocycles. The molecule has 3 aromatic rings. The number of aromatic nitrogens is 2. The SMILES string of the molecule is O=C(Nc1ccnn1Cc1ccc(Br)cc1)c1cc(Cl)sc1Cl. The monoisotopic (exact) mass is 429 g/mol. The average molecular weight is 431 g/mol. The van der Waals surface area contributed by atoms with Crippen molar-refractivity contribution in [1.29, 1.82) is 0 Å². The van der Waals surface area contributed by atoms with Crippen LogP contribution in [-0.2, 0) is 6.54 Å². The molecule has 0 aliphatic carbocycles. The second kappa shape index (κ2) is 7.05. The lowest BCUT2D eigenvalue weighted by Crippen LogP contribution is -2.16. The first-order valence-corrected chi connectivity index (χ1v) is 8.92. The maximum atomic E-state index is 12.3. The second-order valence-corrected chi connectivity index (χ2v) is 7.89. The van der Waals surface area contributed by atoms with Gasteiger partial charge in [0, 0.05) is 10.5 Å². The number of carbonyl (C=O) groups excluding carboxylic acids is 1. The summed E-state index contributed by atoms with van der Waals surface area (Å²) in [7, 11) is 0. The molecule has 1 aromatic carbocycles. The normalized spacial score (nSPS) is 10.7. The number of amides is 1. The Bertz CT molecular complexity index is 845. The summed E-state index contributed by atoms with van der Waals surface area (Å²) in [5.74, 6) is 0.284. The number of carbonyl (C=O) groups is 1. The molecule has 4 nitrogen and oxygen atoms in total. The van der Waals surface area contributed by atoms with E-state index in [4.69, 9.17) is 23.2 Å². The van der Waals surface area contributed by atoms with E-state index in [2.05, 4.69) is 26.3 Å². The van der Waals surface area contributed by atoms with Gasteiger partial charge < -0.3 is 5.32 Å². The zero-order chi connectivity index (χ0) is 16.4. The second-order valence-electron chi connectivity index (χ2n) is 4.69. The van der Waals surface area contributed by atoms with Crippen molar-refractivity contribution in [1.82, 2.24) is 9.78 Å². The van der Waals surface area contributed by atoms with Gasteiger partial charge >= 0.3 is 0 Å². The summed E-state index contributed by atoms with van der Waals surface area (Å²) >= 11 is 16.5. The highest BCUT2D eigenvalue weighted by Gasteiger charge is 2.16. The fraction of sp³-hybridized carbons (Fsp3) is 0.0667. The van der Waals surface area contributed by atoms with Gasteiger partial charge in [-0.1, -0.05) is 51.3 Å². The zero-order valence-corrected chi connectivity index (χ0v) is 15.5. The van der Waals surface area contributed by atoms with Gasteiger partial charge in [-0.3, -0.25) is 4.79 Å². The molecule has 0 saturated carbocycles. The van der Waals surface area contributed by atoms with Gasteiger partial charge in [-0.15, -0.1) is 11.3 Å². The van der Waals surface area contributed by atoms with E-state index >= 15 is 0 Å². The number of hydrogen-bond donors (Lipinski definition) is 1. The Morgan fingerprint density at radius 3 is 2.65 bits per heavy atom. The third-order valence-electron chi connectivity index (χ3n) is 3.11. The minimum atomic E-state index is -0.310. The highest BCUT2D eigenvalue weighted by molar-refractivity contribution is 9.10. The molecule has 0 fully saturated rings. The fourth-order valence-electron chi connectivity index (χ4n) is 2.01. The Hall–Kier alpha value is -1.34. The van der Waals surface area contributed by atoms with Gasteiger partial charge in [0.15, 0.2) is 0 Å². The lowest BCUT2D eigenvalue weighted by molar-refractivity contribution is 0.102. The Kier molecular flexibility index (Phi) is 5.06. The van der Waals surface area contributed by atoms with Crippen LogP contribution in [0.1, 0.15) is 15.9 Å². The van der Waals surface area contributed by atoms with Gasteiger partial charge in [0.2, 0.25) is 0 Å². The topological polar surface area (TPSA) is 46.9 Å². The quantitative estimate of drug-likeness (QED) is 0.609. The molecule has 23 heavy (non-hydrogen) atoms. The highest BCUT2D eigenvalue weighted by Crippen LogP contribution is 2.31.